The molecule has 8 heteroatoms. The molecule has 1 aliphatic rings. The van der Waals surface area contributed by atoms with E-state index in [1.807, 2.05) is 36.7 Å². The number of amides is 2. The lowest BCUT2D eigenvalue weighted by Gasteiger charge is -2.09. The van der Waals surface area contributed by atoms with Crippen LogP contribution >= 0.6 is 11.8 Å². The molecule has 0 unspecified atom stereocenters. The van der Waals surface area contributed by atoms with Crippen LogP contribution in [0.4, 0.5) is 4.79 Å². The van der Waals surface area contributed by atoms with E-state index in [0.29, 0.717) is 10.7 Å². The van der Waals surface area contributed by atoms with Crippen molar-refractivity contribution < 1.29 is 24.2 Å². The average Bonchev–Trinajstić information content (AvgIpc) is 3.01. The number of carboxylic acids is 1. The molecule has 1 fully saturated rings. The normalized spacial score (nSPS) is 16.1. The Morgan fingerprint density at radius 1 is 1.35 bits per heavy atom. The molecule has 0 bridgehead atoms. The van der Waals surface area contributed by atoms with Crippen LogP contribution in [0.3, 0.4) is 0 Å². The summed E-state index contributed by atoms with van der Waals surface area (Å²) in [6.07, 6.45) is 1.43. The highest BCUT2D eigenvalue weighted by Gasteiger charge is 2.35. The van der Waals surface area contributed by atoms with Crippen LogP contribution in [0.15, 0.2) is 23.1 Å². The van der Waals surface area contributed by atoms with Gasteiger partial charge in [-0.2, -0.15) is 0 Å². The third-order valence-corrected chi connectivity index (χ3v) is 5.35. The van der Waals surface area contributed by atoms with Crippen molar-refractivity contribution in [3.63, 3.8) is 0 Å². The van der Waals surface area contributed by atoms with E-state index in [2.05, 4.69) is 0 Å². The molecule has 0 aliphatic carbocycles. The molecule has 0 atom stereocenters. The van der Waals surface area contributed by atoms with Crippen molar-refractivity contribution in [2.24, 2.45) is 7.05 Å². The number of thioether (sulfide) groups is 1. The molecule has 1 aromatic carbocycles. The van der Waals surface area contributed by atoms with Crippen molar-refractivity contribution in [2.75, 3.05) is 13.7 Å². The minimum Gasteiger partial charge on any atom is -0.497 e. The number of ether oxygens (including phenoxy) is 1. The first-order chi connectivity index (χ1) is 12.3. The summed E-state index contributed by atoms with van der Waals surface area (Å²) >= 11 is 0.830. The van der Waals surface area contributed by atoms with Crippen LogP contribution in [0.5, 0.6) is 5.75 Å². The highest BCUT2D eigenvalue weighted by molar-refractivity contribution is 8.18. The highest BCUT2D eigenvalue weighted by Crippen LogP contribution is 2.36. The smallest absolute Gasteiger partial charge is 0.305 e. The molecular weight excluding hydrogens is 356 g/mol. The number of rotatable bonds is 5. The number of aromatic nitrogens is 1. The monoisotopic (exact) mass is 374 g/mol. The van der Waals surface area contributed by atoms with Crippen molar-refractivity contribution in [2.45, 2.75) is 13.3 Å². The maximum absolute atomic E-state index is 12.5. The Hall–Kier alpha value is -2.74. The molecule has 1 aromatic heterocycles. The number of hydrogen-bond donors (Lipinski definition) is 1. The summed E-state index contributed by atoms with van der Waals surface area (Å²) in [4.78, 5) is 36.5. The number of carbonyl (C=O) groups is 3. The largest absolute Gasteiger partial charge is 0.497 e. The zero-order chi connectivity index (χ0) is 19.0. The topological polar surface area (TPSA) is 88.8 Å². The third kappa shape index (κ3) is 3.08. The quantitative estimate of drug-likeness (QED) is 0.810. The highest BCUT2D eigenvalue weighted by atomic mass is 32.2. The first-order valence-electron chi connectivity index (χ1n) is 7.93. The zero-order valence-electron chi connectivity index (χ0n) is 14.6. The number of fused-ring (bicyclic) bond motifs is 1. The Balaban J connectivity index is 2.02. The van der Waals surface area contributed by atoms with Crippen LogP contribution in [0, 0.1) is 6.92 Å². The summed E-state index contributed by atoms with van der Waals surface area (Å²) in [6, 6.07) is 5.70. The molecule has 136 valence electrons. The van der Waals surface area contributed by atoms with Crippen molar-refractivity contribution in [1.82, 2.24) is 9.47 Å². The number of hydrogen-bond acceptors (Lipinski definition) is 5. The Bertz CT molecular complexity index is 960. The molecule has 0 radical (unpaired) electrons. The summed E-state index contributed by atoms with van der Waals surface area (Å²) in [5, 5.41) is 9.24. The van der Waals surface area contributed by atoms with Gasteiger partial charge in [-0.1, -0.05) is 0 Å². The number of aryl methyl sites for hydroxylation is 1. The lowest BCUT2D eigenvalue weighted by Crippen LogP contribution is -2.30. The summed E-state index contributed by atoms with van der Waals surface area (Å²) in [6.45, 7) is 1.81. The van der Waals surface area contributed by atoms with Crippen LogP contribution in [-0.4, -0.2) is 45.3 Å². The third-order valence-electron chi connectivity index (χ3n) is 4.45. The predicted octanol–water partition coefficient (Wildman–Crippen LogP) is 3.01. The maximum Gasteiger partial charge on any atom is 0.305 e. The lowest BCUT2D eigenvalue weighted by atomic mass is 10.1. The average molecular weight is 374 g/mol. The van der Waals surface area contributed by atoms with Gasteiger partial charge in [0.25, 0.3) is 11.1 Å². The molecule has 1 N–H and O–H groups in total. The van der Waals surface area contributed by atoms with Crippen molar-refractivity contribution in [1.29, 1.82) is 0 Å². The first-order valence-corrected chi connectivity index (χ1v) is 8.75. The van der Waals surface area contributed by atoms with Gasteiger partial charge in [0.05, 0.1) is 18.4 Å². The minimum atomic E-state index is -1.05. The second-order valence-electron chi connectivity index (χ2n) is 5.92. The Morgan fingerprint density at radius 3 is 2.73 bits per heavy atom. The fraction of sp³-hybridized carbons (Fsp3) is 0.278. The van der Waals surface area contributed by atoms with Gasteiger partial charge in [0.1, 0.15) is 5.75 Å². The van der Waals surface area contributed by atoms with E-state index in [1.165, 1.54) is 0 Å². The van der Waals surface area contributed by atoms with Crippen LogP contribution in [0.2, 0.25) is 0 Å². The number of nitrogens with zero attached hydrogens (tertiary/aromatic N) is 2. The predicted molar refractivity (Wildman–Crippen MR) is 99.1 cm³/mol. The summed E-state index contributed by atoms with van der Waals surface area (Å²) in [7, 11) is 3.52. The Morgan fingerprint density at radius 2 is 2.08 bits per heavy atom. The molecule has 26 heavy (non-hydrogen) atoms. The van der Waals surface area contributed by atoms with E-state index in [9.17, 15) is 14.4 Å². The summed E-state index contributed by atoms with van der Waals surface area (Å²) in [5.41, 5.74) is 2.77. The van der Waals surface area contributed by atoms with Crippen LogP contribution in [0.1, 0.15) is 17.7 Å². The van der Waals surface area contributed by atoms with Crippen molar-refractivity contribution >= 4 is 45.9 Å². The molecule has 2 aromatic rings. The van der Waals surface area contributed by atoms with Gasteiger partial charge in [-0.05, 0) is 43.0 Å². The van der Waals surface area contributed by atoms with E-state index < -0.39 is 17.1 Å². The molecule has 1 aliphatic heterocycles. The zero-order valence-corrected chi connectivity index (χ0v) is 15.4. The van der Waals surface area contributed by atoms with Gasteiger partial charge in [-0.25, -0.2) is 0 Å². The molecule has 7 nitrogen and oxygen atoms in total. The number of carbonyl (C=O) groups excluding carboxylic acids is 2. The fourth-order valence-electron chi connectivity index (χ4n) is 2.92. The lowest BCUT2D eigenvalue weighted by molar-refractivity contribution is -0.137. The number of methoxy groups -OCH3 is 1. The van der Waals surface area contributed by atoms with Gasteiger partial charge in [0.2, 0.25) is 0 Å². The van der Waals surface area contributed by atoms with E-state index in [4.69, 9.17) is 9.84 Å². The van der Waals surface area contributed by atoms with E-state index in [1.54, 1.807) is 13.2 Å². The molecule has 2 amide bonds. The molecule has 0 saturated carbocycles. The van der Waals surface area contributed by atoms with Gasteiger partial charge < -0.3 is 14.4 Å². The Kier molecular flexibility index (Phi) is 4.78. The SMILES string of the molecule is COc1ccc2c(c1)c(C=C1SC(=O)N(CCC(=O)O)C1=O)c(C)n2C. The summed E-state index contributed by atoms with van der Waals surface area (Å²) in [5.74, 6) is -0.808. The first kappa shape index (κ1) is 18.1. The second-order valence-corrected chi connectivity index (χ2v) is 6.91. The number of benzene rings is 1. The Labute approximate surface area is 154 Å². The molecule has 1 saturated heterocycles. The van der Waals surface area contributed by atoms with Crippen molar-refractivity contribution in [3.05, 3.63) is 34.4 Å². The minimum absolute atomic E-state index is 0.125. The summed E-state index contributed by atoms with van der Waals surface area (Å²) < 4.78 is 7.30. The van der Waals surface area contributed by atoms with Gasteiger partial charge >= 0.3 is 5.97 Å². The van der Waals surface area contributed by atoms with E-state index in [-0.39, 0.29) is 13.0 Å². The molecular formula is C18H18N2O5S. The van der Waals surface area contributed by atoms with Crippen molar-refractivity contribution in [3.8, 4) is 5.75 Å². The standard InChI is InChI=1S/C18H18N2O5S/c1-10-12(13-8-11(25-3)4-5-14(13)19(10)2)9-15-17(23)20(18(24)26-15)7-6-16(21)22/h4-5,8-9H,6-7H2,1-3H3,(H,21,22). The van der Waals surface area contributed by atoms with Crippen LogP contribution in [-0.2, 0) is 16.6 Å². The van der Waals surface area contributed by atoms with E-state index >= 15 is 0 Å². The number of carboxylic acid groups (broad SMARTS) is 1. The second kappa shape index (κ2) is 6.87. The van der Waals surface area contributed by atoms with E-state index in [0.717, 1.165) is 38.8 Å². The number of imide groups is 1. The van der Waals surface area contributed by atoms with Gasteiger partial charge in [-0.15, -0.1) is 0 Å². The van der Waals surface area contributed by atoms with Gasteiger partial charge in [0.15, 0.2) is 0 Å². The molecule has 0 spiro atoms. The van der Waals surface area contributed by atoms with Gasteiger partial charge in [0, 0.05) is 35.8 Å². The maximum atomic E-state index is 12.5. The van der Waals surface area contributed by atoms with Crippen LogP contribution < -0.4 is 4.74 Å². The number of aliphatic carboxylic acids is 1. The van der Waals surface area contributed by atoms with Gasteiger partial charge in [-0.3, -0.25) is 19.3 Å². The molecule has 2 heterocycles. The molecule has 3 rings (SSSR count). The fourth-order valence-corrected chi connectivity index (χ4v) is 3.77. The van der Waals surface area contributed by atoms with Crippen LogP contribution in [0.25, 0.3) is 17.0 Å².